The molecule has 1 N–H and O–H groups in total. The molecule has 1 unspecified atom stereocenters. The molecule has 0 fully saturated rings. The van der Waals surface area contributed by atoms with Crippen molar-refractivity contribution in [1.82, 2.24) is 14.9 Å². The van der Waals surface area contributed by atoms with Gasteiger partial charge in [0, 0.05) is 30.9 Å². The van der Waals surface area contributed by atoms with Crippen LogP contribution in [0.2, 0.25) is 5.02 Å². The summed E-state index contributed by atoms with van der Waals surface area (Å²) in [6.45, 7) is 2.89. The van der Waals surface area contributed by atoms with Crippen molar-refractivity contribution in [3.8, 4) is 0 Å². The number of rotatable bonds is 4. The van der Waals surface area contributed by atoms with Crippen molar-refractivity contribution in [1.29, 1.82) is 0 Å². The van der Waals surface area contributed by atoms with E-state index in [0.29, 0.717) is 0 Å². The van der Waals surface area contributed by atoms with E-state index in [-0.39, 0.29) is 6.04 Å². The smallest absolute Gasteiger partial charge is 0.0945 e. The van der Waals surface area contributed by atoms with Crippen LogP contribution < -0.4 is 5.32 Å². The van der Waals surface area contributed by atoms with E-state index in [1.54, 1.807) is 6.33 Å². The summed E-state index contributed by atoms with van der Waals surface area (Å²) < 4.78 is 2.01. The summed E-state index contributed by atoms with van der Waals surface area (Å²) in [4.78, 5) is 4.09. The number of nitrogens with zero attached hydrogens (tertiary/aromatic N) is 2. The molecular weight excluding hydrogens is 234 g/mol. The first-order chi connectivity index (χ1) is 8.18. The molecule has 0 aliphatic heterocycles. The van der Waals surface area contributed by atoms with Crippen LogP contribution in [0.5, 0.6) is 0 Å². The average molecular weight is 250 g/mol. The van der Waals surface area contributed by atoms with Crippen LogP contribution in [0.3, 0.4) is 0 Å². The van der Waals surface area contributed by atoms with Gasteiger partial charge in [-0.1, -0.05) is 29.8 Å². The SMILES string of the molecule is CC(NCc1cncn1C)c1ccccc1Cl. The molecule has 0 saturated carbocycles. The van der Waals surface area contributed by atoms with Crippen molar-refractivity contribution in [2.24, 2.45) is 7.05 Å². The summed E-state index contributed by atoms with van der Waals surface area (Å²) in [7, 11) is 1.99. The standard InChI is InChI=1S/C13H16ClN3/c1-10(12-5-3-4-6-13(12)14)16-8-11-7-15-9-17(11)2/h3-7,9-10,16H,8H2,1-2H3. The molecule has 3 nitrogen and oxygen atoms in total. The van der Waals surface area contributed by atoms with Gasteiger partial charge in [0.05, 0.1) is 12.0 Å². The zero-order valence-corrected chi connectivity index (χ0v) is 10.8. The van der Waals surface area contributed by atoms with E-state index in [1.165, 1.54) is 0 Å². The molecule has 0 amide bonds. The first kappa shape index (κ1) is 12.1. The third kappa shape index (κ3) is 2.87. The summed E-state index contributed by atoms with van der Waals surface area (Å²) in [5.74, 6) is 0. The summed E-state index contributed by atoms with van der Waals surface area (Å²) in [6.07, 6.45) is 3.67. The number of aromatic nitrogens is 2. The molecule has 0 radical (unpaired) electrons. The normalized spacial score (nSPS) is 12.6. The van der Waals surface area contributed by atoms with Gasteiger partial charge in [-0.3, -0.25) is 0 Å². The lowest BCUT2D eigenvalue weighted by Crippen LogP contribution is -2.19. The predicted molar refractivity (Wildman–Crippen MR) is 69.9 cm³/mol. The van der Waals surface area contributed by atoms with E-state index < -0.39 is 0 Å². The number of aryl methyl sites for hydroxylation is 1. The van der Waals surface area contributed by atoms with Crippen molar-refractivity contribution in [2.45, 2.75) is 19.5 Å². The van der Waals surface area contributed by atoms with E-state index >= 15 is 0 Å². The van der Waals surface area contributed by atoms with Gasteiger partial charge in [-0.05, 0) is 18.6 Å². The second kappa shape index (κ2) is 5.34. The third-order valence-corrected chi connectivity index (χ3v) is 3.22. The van der Waals surface area contributed by atoms with Gasteiger partial charge < -0.3 is 9.88 Å². The summed E-state index contributed by atoms with van der Waals surface area (Å²) in [5, 5.41) is 4.24. The molecule has 90 valence electrons. The highest BCUT2D eigenvalue weighted by Gasteiger charge is 2.08. The highest BCUT2D eigenvalue weighted by molar-refractivity contribution is 6.31. The van der Waals surface area contributed by atoms with Gasteiger partial charge in [-0.2, -0.15) is 0 Å². The van der Waals surface area contributed by atoms with Crippen LogP contribution >= 0.6 is 11.6 Å². The van der Waals surface area contributed by atoms with Gasteiger partial charge in [0.2, 0.25) is 0 Å². The second-order valence-electron chi connectivity index (χ2n) is 4.12. The van der Waals surface area contributed by atoms with Crippen molar-refractivity contribution >= 4 is 11.6 Å². The molecule has 0 aliphatic carbocycles. The van der Waals surface area contributed by atoms with Gasteiger partial charge >= 0.3 is 0 Å². The molecular formula is C13H16ClN3. The zero-order valence-electron chi connectivity index (χ0n) is 10.0. The largest absolute Gasteiger partial charge is 0.337 e. The van der Waals surface area contributed by atoms with Crippen LogP contribution in [-0.2, 0) is 13.6 Å². The molecule has 2 rings (SSSR count). The van der Waals surface area contributed by atoms with Crippen molar-refractivity contribution in [3.63, 3.8) is 0 Å². The number of halogens is 1. The Morgan fingerprint density at radius 3 is 2.82 bits per heavy atom. The monoisotopic (exact) mass is 249 g/mol. The van der Waals surface area contributed by atoms with Crippen molar-refractivity contribution in [3.05, 3.63) is 53.1 Å². The van der Waals surface area contributed by atoms with Gasteiger partial charge in [0.15, 0.2) is 0 Å². The number of hydrogen-bond donors (Lipinski definition) is 1. The lowest BCUT2D eigenvalue weighted by atomic mass is 10.1. The Balaban J connectivity index is 2.01. The number of imidazole rings is 1. The van der Waals surface area contributed by atoms with Crippen LogP contribution in [0.1, 0.15) is 24.2 Å². The van der Waals surface area contributed by atoms with E-state index in [1.807, 2.05) is 42.1 Å². The highest BCUT2D eigenvalue weighted by Crippen LogP contribution is 2.22. The average Bonchev–Trinajstić information content (AvgIpc) is 2.72. The lowest BCUT2D eigenvalue weighted by molar-refractivity contribution is 0.558. The first-order valence-corrected chi connectivity index (χ1v) is 5.99. The molecule has 0 aliphatic rings. The summed E-state index contributed by atoms with van der Waals surface area (Å²) in [5.41, 5.74) is 2.28. The minimum Gasteiger partial charge on any atom is -0.337 e. The predicted octanol–water partition coefficient (Wildman–Crippen LogP) is 2.92. The Morgan fingerprint density at radius 1 is 1.41 bits per heavy atom. The van der Waals surface area contributed by atoms with E-state index in [4.69, 9.17) is 11.6 Å². The van der Waals surface area contributed by atoms with Crippen LogP contribution in [0.4, 0.5) is 0 Å². The van der Waals surface area contributed by atoms with Gasteiger partial charge in [-0.25, -0.2) is 4.98 Å². The lowest BCUT2D eigenvalue weighted by Gasteiger charge is -2.15. The van der Waals surface area contributed by atoms with E-state index in [2.05, 4.69) is 17.2 Å². The van der Waals surface area contributed by atoms with Gasteiger partial charge in [0.1, 0.15) is 0 Å². The number of benzene rings is 1. The highest BCUT2D eigenvalue weighted by atomic mass is 35.5. The summed E-state index contributed by atoms with van der Waals surface area (Å²) >= 11 is 6.15. The fourth-order valence-electron chi connectivity index (χ4n) is 1.75. The number of nitrogens with one attached hydrogen (secondary N) is 1. The van der Waals surface area contributed by atoms with E-state index in [0.717, 1.165) is 22.8 Å². The molecule has 0 bridgehead atoms. The quantitative estimate of drug-likeness (QED) is 0.903. The Labute approximate surface area is 106 Å². The maximum Gasteiger partial charge on any atom is 0.0945 e. The molecule has 4 heteroatoms. The summed E-state index contributed by atoms with van der Waals surface area (Å²) in [6, 6.07) is 8.13. The fourth-order valence-corrected chi connectivity index (χ4v) is 2.05. The van der Waals surface area contributed by atoms with Gasteiger partial charge in [-0.15, -0.1) is 0 Å². The first-order valence-electron chi connectivity index (χ1n) is 5.61. The van der Waals surface area contributed by atoms with Crippen molar-refractivity contribution < 1.29 is 0 Å². The topological polar surface area (TPSA) is 29.9 Å². The minimum atomic E-state index is 0.221. The molecule has 1 aromatic heterocycles. The molecule has 0 spiro atoms. The molecule has 17 heavy (non-hydrogen) atoms. The maximum atomic E-state index is 6.15. The Morgan fingerprint density at radius 2 is 2.18 bits per heavy atom. The molecule has 1 heterocycles. The van der Waals surface area contributed by atoms with Gasteiger partial charge in [0.25, 0.3) is 0 Å². The number of hydrogen-bond acceptors (Lipinski definition) is 2. The second-order valence-corrected chi connectivity index (χ2v) is 4.53. The molecule has 1 atom stereocenters. The van der Waals surface area contributed by atoms with Crippen LogP contribution in [0, 0.1) is 0 Å². The Hall–Kier alpha value is -1.32. The Bertz CT molecular complexity index is 493. The molecule has 1 aromatic carbocycles. The van der Waals surface area contributed by atoms with E-state index in [9.17, 15) is 0 Å². The van der Waals surface area contributed by atoms with Crippen LogP contribution in [0.15, 0.2) is 36.8 Å². The Kier molecular flexibility index (Phi) is 3.82. The van der Waals surface area contributed by atoms with Crippen LogP contribution in [0.25, 0.3) is 0 Å². The van der Waals surface area contributed by atoms with Crippen LogP contribution in [-0.4, -0.2) is 9.55 Å². The van der Waals surface area contributed by atoms with Crippen molar-refractivity contribution in [2.75, 3.05) is 0 Å². The molecule has 0 saturated heterocycles. The fraction of sp³-hybridized carbons (Fsp3) is 0.308. The minimum absolute atomic E-state index is 0.221. The third-order valence-electron chi connectivity index (χ3n) is 2.88. The molecule has 2 aromatic rings. The maximum absolute atomic E-state index is 6.15. The zero-order chi connectivity index (χ0) is 12.3.